The molecule has 2 aromatic rings. The van der Waals surface area contributed by atoms with E-state index in [1.165, 1.54) is 12.1 Å². The van der Waals surface area contributed by atoms with Crippen LogP contribution in [0, 0.1) is 6.92 Å². The first-order chi connectivity index (χ1) is 13.5. The molecule has 1 unspecified atom stereocenters. The maximum absolute atomic E-state index is 12.3. The van der Waals surface area contributed by atoms with Crippen LogP contribution in [0.4, 0.5) is 18.9 Å². The smallest absolute Gasteiger partial charge is 0.376 e. The van der Waals surface area contributed by atoms with E-state index in [0.29, 0.717) is 5.69 Å². The number of benzene rings is 2. The lowest BCUT2D eigenvalue weighted by Crippen LogP contribution is -2.34. The van der Waals surface area contributed by atoms with Gasteiger partial charge in [0.2, 0.25) is 5.91 Å². The van der Waals surface area contributed by atoms with Crippen molar-refractivity contribution in [3.63, 3.8) is 0 Å². The third-order valence-corrected chi connectivity index (χ3v) is 4.66. The molecular formula is C20H21BrF3N3O2. The van der Waals surface area contributed by atoms with Crippen LogP contribution in [-0.4, -0.2) is 31.1 Å². The summed E-state index contributed by atoms with van der Waals surface area (Å²) in [4.78, 5) is 24.1. The molecule has 9 heteroatoms. The zero-order valence-corrected chi connectivity index (χ0v) is 17.4. The van der Waals surface area contributed by atoms with Crippen molar-refractivity contribution in [2.24, 2.45) is 0 Å². The highest BCUT2D eigenvalue weighted by Crippen LogP contribution is 2.19. The minimum absolute atomic E-state index is 0.0463. The fraction of sp³-hybridized carbons (Fsp3) is 0.300. The topological polar surface area (TPSA) is 70.2 Å². The van der Waals surface area contributed by atoms with E-state index in [1.807, 2.05) is 36.5 Å². The summed E-state index contributed by atoms with van der Waals surface area (Å²) in [5.74, 6) is -1.09. The van der Waals surface area contributed by atoms with Gasteiger partial charge in [0.25, 0.3) is 5.91 Å². The van der Waals surface area contributed by atoms with Crippen LogP contribution in [0.25, 0.3) is 0 Å². The van der Waals surface area contributed by atoms with Crippen LogP contribution in [0.1, 0.15) is 34.5 Å². The molecule has 0 heterocycles. The monoisotopic (exact) mass is 471 g/mol. The molecule has 0 spiro atoms. The number of rotatable bonds is 7. The van der Waals surface area contributed by atoms with Crippen LogP contribution in [0.3, 0.4) is 0 Å². The molecule has 0 saturated heterocycles. The van der Waals surface area contributed by atoms with E-state index >= 15 is 0 Å². The number of hydrogen-bond donors (Lipinski definition) is 3. The molecule has 0 aliphatic rings. The highest BCUT2D eigenvalue weighted by atomic mass is 79.9. The van der Waals surface area contributed by atoms with Crippen LogP contribution in [0.15, 0.2) is 46.9 Å². The second-order valence-corrected chi connectivity index (χ2v) is 7.44. The van der Waals surface area contributed by atoms with Gasteiger partial charge in [-0.05, 0) is 49.2 Å². The minimum atomic E-state index is -4.48. The Morgan fingerprint density at radius 2 is 1.76 bits per heavy atom. The van der Waals surface area contributed by atoms with Crippen molar-refractivity contribution in [1.82, 2.24) is 10.6 Å². The number of aryl methyl sites for hydroxylation is 1. The highest BCUT2D eigenvalue weighted by Gasteiger charge is 2.28. The molecule has 0 aromatic heterocycles. The third kappa shape index (κ3) is 7.41. The number of amides is 2. The van der Waals surface area contributed by atoms with Gasteiger partial charge in [-0.1, -0.05) is 34.1 Å². The Morgan fingerprint density at radius 1 is 1.10 bits per heavy atom. The number of hydrogen-bond acceptors (Lipinski definition) is 3. The molecular weight excluding hydrogens is 451 g/mol. The van der Waals surface area contributed by atoms with E-state index in [9.17, 15) is 22.8 Å². The van der Waals surface area contributed by atoms with Crippen molar-refractivity contribution in [1.29, 1.82) is 0 Å². The van der Waals surface area contributed by atoms with E-state index in [-0.39, 0.29) is 24.1 Å². The first-order valence-electron chi connectivity index (χ1n) is 8.79. The third-order valence-electron chi connectivity index (χ3n) is 4.14. The Balaban J connectivity index is 1.94. The summed E-state index contributed by atoms with van der Waals surface area (Å²) >= 11 is 3.36. The van der Waals surface area contributed by atoms with Gasteiger partial charge in [-0.15, -0.1) is 0 Å². The van der Waals surface area contributed by atoms with Gasteiger partial charge in [-0.2, -0.15) is 13.2 Å². The summed E-state index contributed by atoms with van der Waals surface area (Å²) in [7, 11) is 0. The molecule has 156 valence electrons. The van der Waals surface area contributed by atoms with E-state index in [4.69, 9.17) is 0 Å². The van der Waals surface area contributed by atoms with E-state index in [2.05, 4.69) is 26.6 Å². The number of carbonyl (C=O) groups excluding carboxylic acids is 2. The Kier molecular flexibility index (Phi) is 7.66. The van der Waals surface area contributed by atoms with Crippen LogP contribution >= 0.6 is 15.9 Å². The van der Waals surface area contributed by atoms with Crippen LogP contribution in [-0.2, 0) is 4.79 Å². The first-order valence-corrected chi connectivity index (χ1v) is 9.59. The zero-order chi connectivity index (χ0) is 21.6. The number of carbonyl (C=O) groups is 2. The number of nitrogens with one attached hydrogen (secondary N) is 3. The molecule has 0 saturated carbocycles. The van der Waals surface area contributed by atoms with Gasteiger partial charge in [0.15, 0.2) is 0 Å². The van der Waals surface area contributed by atoms with Crippen molar-refractivity contribution in [3.8, 4) is 0 Å². The fourth-order valence-electron chi connectivity index (χ4n) is 2.54. The van der Waals surface area contributed by atoms with Crippen molar-refractivity contribution in [2.45, 2.75) is 26.1 Å². The molecule has 2 aromatic carbocycles. The zero-order valence-electron chi connectivity index (χ0n) is 15.9. The Hall–Kier alpha value is -2.55. The van der Waals surface area contributed by atoms with Gasteiger partial charge in [-0.3, -0.25) is 9.59 Å². The molecule has 3 N–H and O–H groups in total. The van der Waals surface area contributed by atoms with E-state index in [1.54, 1.807) is 13.0 Å². The van der Waals surface area contributed by atoms with Crippen LogP contribution in [0.5, 0.6) is 0 Å². The fourth-order valence-corrected chi connectivity index (χ4v) is 2.80. The lowest BCUT2D eigenvalue weighted by atomic mass is 10.1. The summed E-state index contributed by atoms with van der Waals surface area (Å²) in [5.41, 5.74) is 2.27. The Morgan fingerprint density at radius 3 is 2.38 bits per heavy atom. The predicted molar refractivity (Wildman–Crippen MR) is 109 cm³/mol. The van der Waals surface area contributed by atoms with E-state index in [0.717, 1.165) is 15.6 Å². The summed E-state index contributed by atoms with van der Waals surface area (Å²) in [5, 5.41) is 7.61. The van der Waals surface area contributed by atoms with Gasteiger partial charge in [0.05, 0.1) is 12.6 Å². The maximum Gasteiger partial charge on any atom is 0.405 e. The van der Waals surface area contributed by atoms with Gasteiger partial charge >= 0.3 is 6.18 Å². The number of anilines is 1. The van der Waals surface area contributed by atoms with E-state index < -0.39 is 18.6 Å². The summed E-state index contributed by atoms with van der Waals surface area (Å²) in [6.45, 7) is 2.17. The molecule has 0 radical (unpaired) electrons. The highest BCUT2D eigenvalue weighted by molar-refractivity contribution is 9.10. The molecule has 5 nitrogen and oxygen atoms in total. The predicted octanol–water partition coefficient (Wildman–Crippen LogP) is 4.34. The molecule has 2 rings (SSSR count). The first kappa shape index (κ1) is 22.7. The van der Waals surface area contributed by atoms with Crippen molar-refractivity contribution < 1.29 is 22.8 Å². The quantitative estimate of drug-likeness (QED) is 0.562. The molecule has 0 aliphatic carbocycles. The molecule has 29 heavy (non-hydrogen) atoms. The molecule has 0 fully saturated rings. The molecule has 0 aliphatic heterocycles. The van der Waals surface area contributed by atoms with Crippen LogP contribution < -0.4 is 16.0 Å². The van der Waals surface area contributed by atoms with Crippen molar-refractivity contribution in [3.05, 3.63) is 63.6 Å². The maximum atomic E-state index is 12.3. The average molecular weight is 472 g/mol. The largest absolute Gasteiger partial charge is 0.405 e. The normalized spacial score (nSPS) is 12.2. The number of halogens is 4. The van der Waals surface area contributed by atoms with Gasteiger partial charge in [-0.25, -0.2) is 0 Å². The van der Waals surface area contributed by atoms with Gasteiger partial charge in [0, 0.05) is 15.7 Å². The lowest BCUT2D eigenvalue weighted by molar-refractivity contribution is -0.123. The number of alkyl halides is 3. The minimum Gasteiger partial charge on any atom is -0.376 e. The van der Waals surface area contributed by atoms with Crippen molar-refractivity contribution >= 4 is 33.4 Å². The van der Waals surface area contributed by atoms with Crippen LogP contribution in [0.2, 0.25) is 0 Å². The van der Waals surface area contributed by atoms with Crippen molar-refractivity contribution in [2.75, 3.05) is 18.4 Å². The second kappa shape index (κ2) is 9.78. The summed E-state index contributed by atoms with van der Waals surface area (Å²) < 4.78 is 37.7. The van der Waals surface area contributed by atoms with Gasteiger partial charge < -0.3 is 16.0 Å². The summed E-state index contributed by atoms with van der Waals surface area (Å²) in [6, 6.07) is 11.8. The molecule has 2 amide bonds. The summed E-state index contributed by atoms with van der Waals surface area (Å²) in [6.07, 6.45) is -4.48. The average Bonchev–Trinajstić information content (AvgIpc) is 2.65. The molecule has 0 bridgehead atoms. The SMILES string of the molecule is Cc1ccc(C(=O)NCC(F)(F)F)cc1NCC(=O)NC(C)c1ccc(Br)cc1. The lowest BCUT2D eigenvalue weighted by Gasteiger charge is -2.16. The Labute approximate surface area is 175 Å². The standard InChI is InChI=1S/C20H21BrF3N3O2/c1-12-3-4-15(19(29)26-11-20(22,23)24)9-17(12)25-10-18(28)27-13(2)14-5-7-16(21)8-6-14/h3-9,13,25H,10-11H2,1-2H3,(H,26,29)(H,27,28). The molecule has 1 atom stereocenters. The Bertz CT molecular complexity index is 870. The second-order valence-electron chi connectivity index (χ2n) is 6.52. The van der Waals surface area contributed by atoms with Gasteiger partial charge in [0.1, 0.15) is 6.54 Å².